The Hall–Kier alpha value is -2.07. The Morgan fingerprint density at radius 2 is 1.68 bits per heavy atom. The maximum absolute atomic E-state index is 13.3. The van der Waals surface area contributed by atoms with Crippen LogP contribution in [0.25, 0.3) is 0 Å². The molecular formula is C29H46N4O5. The zero-order valence-electron chi connectivity index (χ0n) is 23.0. The standard InChI is InChI=1S/C29H46N4O5/c1-31-15-6-23(7-16-31)20-27(36)33-14-3-2-9-29(28(37)38-22-26(35)25(34)8-17-33)10-18-32(19-11-29)21-24-4-12-30-13-5-24/h4-5,12-13,23,25-26,34-35H,2-3,6-11,14-22H2,1H3/t25-,26+/m0/s1. The van der Waals surface area contributed by atoms with E-state index in [2.05, 4.69) is 21.8 Å². The topological polar surface area (TPSA) is 106 Å². The summed E-state index contributed by atoms with van der Waals surface area (Å²) < 4.78 is 5.61. The molecule has 3 fully saturated rings. The average molecular weight is 531 g/mol. The molecule has 1 aromatic rings. The van der Waals surface area contributed by atoms with Crippen LogP contribution < -0.4 is 0 Å². The van der Waals surface area contributed by atoms with E-state index in [-0.39, 0.29) is 24.9 Å². The Balaban J connectivity index is 1.37. The minimum atomic E-state index is -1.16. The molecule has 2 atom stereocenters. The number of likely N-dealkylation sites (tertiary alicyclic amines) is 2. The number of nitrogens with zero attached hydrogens (tertiary/aromatic N) is 4. The maximum Gasteiger partial charge on any atom is 0.312 e. The molecule has 1 spiro atoms. The quantitative estimate of drug-likeness (QED) is 0.570. The molecule has 4 heterocycles. The Bertz CT molecular complexity index is 884. The van der Waals surface area contributed by atoms with Crippen LogP contribution in [-0.2, 0) is 20.9 Å². The molecule has 0 unspecified atom stereocenters. The second-order valence-corrected chi connectivity index (χ2v) is 11.7. The number of carbonyl (C=O) groups excluding carboxylic acids is 2. The summed E-state index contributed by atoms with van der Waals surface area (Å²) in [6, 6.07) is 4.04. The van der Waals surface area contributed by atoms with Gasteiger partial charge in [-0.25, -0.2) is 0 Å². The Kier molecular flexibility index (Phi) is 10.5. The largest absolute Gasteiger partial charge is 0.462 e. The highest BCUT2D eigenvalue weighted by Gasteiger charge is 2.42. The van der Waals surface area contributed by atoms with Crippen LogP contribution in [0, 0.1) is 11.3 Å². The number of aliphatic hydroxyl groups excluding tert-OH is 2. The van der Waals surface area contributed by atoms with E-state index in [4.69, 9.17) is 4.74 Å². The highest BCUT2D eigenvalue weighted by Crippen LogP contribution is 2.39. The molecule has 9 heteroatoms. The van der Waals surface area contributed by atoms with Crippen LogP contribution in [-0.4, -0.2) is 107 Å². The van der Waals surface area contributed by atoms with E-state index in [1.165, 1.54) is 5.56 Å². The molecule has 0 radical (unpaired) electrons. The van der Waals surface area contributed by atoms with Gasteiger partial charge in [-0.2, -0.15) is 0 Å². The number of hydrogen-bond acceptors (Lipinski definition) is 8. The number of ether oxygens (including phenoxy) is 1. The third-order valence-corrected chi connectivity index (χ3v) is 8.91. The van der Waals surface area contributed by atoms with Gasteiger partial charge in [-0.3, -0.25) is 19.5 Å². The molecule has 3 saturated heterocycles. The third kappa shape index (κ3) is 7.97. The summed E-state index contributed by atoms with van der Waals surface area (Å²) in [7, 11) is 2.12. The lowest BCUT2D eigenvalue weighted by atomic mass is 9.74. The van der Waals surface area contributed by atoms with Gasteiger partial charge >= 0.3 is 5.97 Å². The summed E-state index contributed by atoms with van der Waals surface area (Å²) in [5.74, 6) is 0.287. The van der Waals surface area contributed by atoms with E-state index in [9.17, 15) is 19.8 Å². The molecule has 0 bridgehead atoms. The summed E-state index contributed by atoms with van der Waals surface area (Å²) in [5, 5.41) is 21.1. The van der Waals surface area contributed by atoms with Crippen LogP contribution in [0.3, 0.4) is 0 Å². The van der Waals surface area contributed by atoms with Gasteiger partial charge in [-0.05, 0) is 102 Å². The number of carbonyl (C=O) groups is 2. The number of pyridine rings is 1. The molecule has 1 amide bonds. The van der Waals surface area contributed by atoms with Crippen molar-refractivity contribution in [3.05, 3.63) is 30.1 Å². The van der Waals surface area contributed by atoms with Crippen LogP contribution in [0.5, 0.6) is 0 Å². The molecule has 38 heavy (non-hydrogen) atoms. The number of esters is 1. The molecule has 3 aliphatic rings. The van der Waals surface area contributed by atoms with Gasteiger partial charge in [0.05, 0.1) is 11.5 Å². The molecule has 212 valence electrons. The fourth-order valence-corrected chi connectivity index (χ4v) is 6.12. The fraction of sp³-hybridized carbons (Fsp3) is 0.759. The zero-order chi connectivity index (χ0) is 27.0. The molecule has 9 nitrogen and oxygen atoms in total. The predicted octanol–water partition coefficient (Wildman–Crippen LogP) is 2.06. The molecule has 4 rings (SSSR count). The van der Waals surface area contributed by atoms with Crippen LogP contribution in [0.1, 0.15) is 63.4 Å². The molecule has 2 N–H and O–H groups in total. The van der Waals surface area contributed by atoms with Crippen LogP contribution in [0.2, 0.25) is 0 Å². The second-order valence-electron chi connectivity index (χ2n) is 11.7. The van der Waals surface area contributed by atoms with E-state index in [1.54, 1.807) is 12.4 Å². The first kappa shape index (κ1) is 28.9. The first-order chi connectivity index (χ1) is 18.3. The Morgan fingerprint density at radius 3 is 2.39 bits per heavy atom. The van der Waals surface area contributed by atoms with Gasteiger partial charge in [-0.1, -0.05) is 6.42 Å². The van der Waals surface area contributed by atoms with Crippen molar-refractivity contribution in [3.63, 3.8) is 0 Å². The number of hydrogen-bond donors (Lipinski definition) is 2. The molecule has 1 aromatic heterocycles. The number of cyclic esters (lactones) is 1. The van der Waals surface area contributed by atoms with E-state index in [0.717, 1.165) is 58.4 Å². The smallest absolute Gasteiger partial charge is 0.312 e. The van der Waals surface area contributed by atoms with Crippen LogP contribution in [0.15, 0.2) is 24.5 Å². The fourth-order valence-electron chi connectivity index (χ4n) is 6.12. The van der Waals surface area contributed by atoms with Gasteiger partial charge in [0.15, 0.2) is 0 Å². The summed E-state index contributed by atoms with van der Waals surface area (Å²) >= 11 is 0. The van der Waals surface area contributed by atoms with E-state index in [0.29, 0.717) is 44.7 Å². The van der Waals surface area contributed by atoms with Crippen molar-refractivity contribution in [2.24, 2.45) is 11.3 Å². The van der Waals surface area contributed by atoms with Crippen LogP contribution >= 0.6 is 0 Å². The van der Waals surface area contributed by atoms with Crippen molar-refractivity contribution in [1.29, 1.82) is 0 Å². The first-order valence-electron chi connectivity index (χ1n) is 14.5. The van der Waals surface area contributed by atoms with E-state index < -0.39 is 17.6 Å². The number of aliphatic hydroxyl groups is 2. The lowest BCUT2D eigenvalue weighted by molar-refractivity contribution is -0.165. The van der Waals surface area contributed by atoms with Gasteiger partial charge in [-0.15, -0.1) is 0 Å². The monoisotopic (exact) mass is 530 g/mol. The summed E-state index contributed by atoms with van der Waals surface area (Å²) in [4.78, 5) is 37.2. The number of aromatic nitrogens is 1. The van der Waals surface area contributed by atoms with Gasteiger partial charge in [0.1, 0.15) is 12.7 Å². The normalized spacial score (nSPS) is 27.2. The van der Waals surface area contributed by atoms with Crippen molar-refractivity contribution < 1.29 is 24.5 Å². The van der Waals surface area contributed by atoms with Crippen molar-refractivity contribution in [2.75, 3.05) is 52.9 Å². The Morgan fingerprint density at radius 1 is 0.974 bits per heavy atom. The summed E-state index contributed by atoms with van der Waals surface area (Å²) in [6.07, 6.45) is 8.07. The zero-order valence-corrected chi connectivity index (χ0v) is 23.0. The van der Waals surface area contributed by atoms with Crippen molar-refractivity contribution in [1.82, 2.24) is 19.7 Å². The lowest BCUT2D eigenvalue weighted by Gasteiger charge is -2.40. The summed E-state index contributed by atoms with van der Waals surface area (Å²) in [6.45, 7) is 5.28. The molecule has 0 saturated carbocycles. The molecular weight excluding hydrogens is 484 g/mol. The van der Waals surface area contributed by atoms with Crippen molar-refractivity contribution in [3.8, 4) is 0 Å². The van der Waals surface area contributed by atoms with Crippen molar-refractivity contribution in [2.45, 2.75) is 76.5 Å². The predicted molar refractivity (Wildman–Crippen MR) is 144 cm³/mol. The third-order valence-electron chi connectivity index (χ3n) is 8.91. The SMILES string of the molecule is CN1CCC(CC(=O)N2CCCCC3(CCN(Cc4ccncc4)CC3)C(=O)OC[C@@H](O)[C@@H](O)CC2)CC1. The Labute approximate surface area is 227 Å². The first-order valence-corrected chi connectivity index (χ1v) is 14.5. The van der Waals surface area contributed by atoms with Gasteiger partial charge in [0.2, 0.25) is 5.91 Å². The second kappa shape index (κ2) is 13.8. The molecule has 0 aliphatic carbocycles. The summed E-state index contributed by atoms with van der Waals surface area (Å²) in [5.41, 5.74) is 0.617. The average Bonchev–Trinajstić information content (AvgIpc) is 2.94. The minimum absolute atomic E-state index is 0.141. The highest BCUT2D eigenvalue weighted by molar-refractivity contribution is 5.77. The highest BCUT2D eigenvalue weighted by atomic mass is 16.5. The van der Waals surface area contributed by atoms with Crippen molar-refractivity contribution >= 4 is 11.9 Å². The number of amides is 1. The van der Waals surface area contributed by atoms with Crippen LogP contribution in [0.4, 0.5) is 0 Å². The lowest BCUT2D eigenvalue weighted by Crippen LogP contribution is -2.45. The maximum atomic E-state index is 13.3. The van der Waals surface area contributed by atoms with E-state index >= 15 is 0 Å². The number of rotatable bonds is 4. The van der Waals surface area contributed by atoms with Gasteiger partial charge < -0.3 is 24.7 Å². The van der Waals surface area contributed by atoms with Gasteiger partial charge in [0, 0.05) is 38.4 Å². The van der Waals surface area contributed by atoms with Gasteiger partial charge in [0.25, 0.3) is 0 Å². The molecule has 3 aliphatic heterocycles. The minimum Gasteiger partial charge on any atom is -0.462 e. The van der Waals surface area contributed by atoms with E-state index in [1.807, 2.05) is 17.0 Å². The number of piperidine rings is 2. The molecule has 0 aromatic carbocycles.